The van der Waals surface area contributed by atoms with Crippen molar-refractivity contribution in [2.45, 2.75) is 38.0 Å². The molecule has 1 amide bonds. The molecule has 28 heavy (non-hydrogen) atoms. The minimum Gasteiger partial charge on any atom is -0.455 e. The van der Waals surface area contributed by atoms with Crippen LogP contribution in [0.15, 0.2) is 36.4 Å². The third-order valence-electron chi connectivity index (χ3n) is 5.26. The lowest BCUT2D eigenvalue weighted by atomic mass is 9.88. The minimum atomic E-state index is -4.92. The number of aryl methyl sites for hydroxylation is 1. The number of carbonyl (C=O) groups is 1. The number of carbonyl (C=O) groups excluding carboxylic acids is 1. The molecule has 0 aliphatic carbocycles. The van der Waals surface area contributed by atoms with Crippen molar-refractivity contribution in [2.24, 2.45) is 0 Å². The zero-order chi connectivity index (χ0) is 20.1. The van der Waals surface area contributed by atoms with Gasteiger partial charge in [0.1, 0.15) is 11.6 Å². The van der Waals surface area contributed by atoms with Crippen molar-refractivity contribution in [2.75, 3.05) is 11.4 Å². The summed E-state index contributed by atoms with van der Waals surface area (Å²) in [5, 5.41) is 2.09. The summed E-state index contributed by atoms with van der Waals surface area (Å²) in [4.78, 5) is 13.3. The maximum absolute atomic E-state index is 13.9. The van der Waals surface area contributed by atoms with Gasteiger partial charge >= 0.3 is 12.1 Å². The van der Waals surface area contributed by atoms with Crippen LogP contribution in [0.25, 0.3) is 0 Å². The lowest BCUT2D eigenvalue weighted by Gasteiger charge is -2.41. The highest BCUT2D eigenvalue weighted by molar-refractivity contribution is 5.82. The number of anilines is 1. The van der Waals surface area contributed by atoms with E-state index in [9.17, 15) is 22.4 Å². The van der Waals surface area contributed by atoms with Gasteiger partial charge in [-0.05, 0) is 43.5 Å². The molecule has 0 radical (unpaired) electrons. The Morgan fingerprint density at radius 1 is 1.21 bits per heavy atom. The first kappa shape index (κ1) is 18.6. The van der Waals surface area contributed by atoms with E-state index in [1.165, 1.54) is 12.1 Å². The summed E-state index contributed by atoms with van der Waals surface area (Å²) in [7, 11) is 0. The van der Waals surface area contributed by atoms with Gasteiger partial charge in [-0.2, -0.15) is 13.2 Å². The molecule has 2 atom stereocenters. The number of halogens is 4. The van der Waals surface area contributed by atoms with Gasteiger partial charge in [0.2, 0.25) is 0 Å². The van der Waals surface area contributed by atoms with Crippen molar-refractivity contribution in [3.05, 3.63) is 53.3 Å². The fraction of sp³-hybridized carbons (Fsp3) is 0.350. The Hall–Kier alpha value is -2.77. The lowest BCUT2D eigenvalue weighted by molar-refractivity contribution is -0.174. The van der Waals surface area contributed by atoms with E-state index in [2.05, 4.69) is 5.32 Å². The Bertz CT molecular complexity index is 929. The molecular formula is C20H18F4N2O2. The van der Waals surface area contributed by atoms with Gasteiger partial charge in [-0.15, -0.1) is 0 Å². The molecule has 2 aromatic carbocycles. The Kier molecular flexibility index (Phi) is 4.44. The maximum Gasteiger partial charge on any atom is 0.471 e. The second kappa shape index (κ2) is 6.68. The van der Waals surface area contributed by atoms with Gasteiger partial charge in [0.05, 0.1) is 11.7 Å². The third-order valence-corrected chi connectivity index (χ3v) is 5.26. The molecule has 2 aliphatic rings. The molecule has 4 rings (SSSR count). The van der Waals surface area contributed by atoms with Crippen molar-refractivity contribution in [3.8, 4) is 11.5 Å². The number of nitrogens with one attached hydrogen (secondary N) is 1. The molecule has 1 fully saturated rings. The number of hydrogen-bond donors (Lipinski definition) is 1. The number of rotatable bonds is 1. The fourth-order valence-corrected chi connectivity index (χ4v) is 4.02. The van der Waals surface area contributed by atoms with Gasteiger partial charge in [0, 0.05) is 24.2 Å². The van der Waals surface area contributed by atoms with Crippen LogP contribution >= 0.6 is 0 Å². The number of ether oxygens (including phenoxy) is 1. The highest BCUT2D eigenvalue weighted by atomic mass is 19.4. The molecule has 2 aliphatic heterocycles. The van der Waals surface area contributed by atoms with Crippen LogP contribution in [0.2, 0.25) is 0 Å². The van der Waals surface area contributed by atoms with Crippen LogP contribution in [0.5, 0.6) is 11.5 Å². The molecule has 1 N–H and O–H groups in total. The molecule has 0 saturated carbocycles. The van der Waals surface area contributed by atoms with Crippen molar-refractivity contribution in [1.29, 1.82) is 0 Å². The van der Waals surface area contributed by atoms with Crippen LogP contribution in [0.3, 0.4) is 0 Å². The van der Waals surface area contributed by atoms with E-state index in [1.807, 2.05) is 24.0 Å². The number of fused-ring (bicyclic) bond motifs is 5. The zero-order valence-electron chi connectivity index (χ0n) is 15.0. The van der Waals surface area contributed by atoms with Gasteiger partial charge in [-0.25, -0.2) is 4.39 Å². The zero-order valence-corrected chi connectivity index (χ0v) is 15.0. The summed E-state index contributed by atoms with van der Waals surface area (Å²) in [6.07, 6.45) is -4.35. The highest BCUT2D eigenvalue weighted by Crippen LogP contribution is 2.48. The SMILES string of the molecule is Cc1cccc2c1[C@@H]1C[C@@H](NC(=O)C(F)(F)F)CCN1c1cc(F)ccc1O2. The summed E-state index contributed by atoms with van der Waals surface area (Å²) >= 11 is 0. The second-order valence-electron chi connectivity index (χ2n) is 7.10. The molecule has 2 aromatic rings. The standard InChI is InChI=1S/C20H18F4N2O2/c1-11-3-2-4-17-18(11)15-10-13(25-19(27)20(22,23)24)7-8-26(15)14-9-12(21)5-6-16(14)28-17/h2-6,9,13,15H,7-8,10H2,1H3,(H,25,27)/t13-,15-/m0/s1. The predicted molar refractivity (Wildman–Crippen MR) is 95.0 cm³/mol. The van der Waals surface area contributed by atoms with Gasteiger partial charge < -0.3 is 15.0 Å². The summed E-state index contributed by atoms with van der Waals surface area (Å²) in [6, 6.07) is 8.77. The number of alkyl halides is 3. The average molecular weight is 394 g/mol. The lowest BCUT2D eigenvalue weighted by Crippen LogP contribution is -2.49. The van der Waals surface area contributed by atoms with Gasteiger partial charge in [0.25, 0.3) is 0 Å². The topological polar surface area (TPSA) is 41.6 Å². The minimum absolute atomic E-state index is 0.263. The van der Waals surface area contributed by atoms with E-state index < -0.39 is 23.9 Å². The molecule has 4 nitrogen and oxygen atoms in total. The fourth-order valence-electron chi connectivity index (χ4n) is 4.02. The maximum atomic E-state index is 13.9. The van der Waals surface area contributed by atoms with Crippen LogP contribution in [-0.2, 0) is 4.79 Å². The quantitative estimate of drug-likeness (QED) is 0.718. The average Bonchev–Trinajstić information content (AvgIpc) is 2.75. The number of hydrogen-bond acceptors (Lipinski definition) is 3. The summed E-state index contributed by atoms with van der Waals surface area (Å²) in [5.41, 5.74) is 2.31. The first-order valence-corrected chi connectivity index (χ1v) is 8.95. The van der Waals surface area contributed by atoms with E-state index in [4.69, 9.17) is 4.74 Å². The van der Waals surface area contributed by atoms with E-state index in [0.717, 1.165) is 11.1 Å². The molecule has 148 valence electrons. The van der Waals surface area contributed by atoms with Gasteiger partial charge in [-0.3, -0.25) is 4.79 Å². The molecule has 0 bridgehead atoms. The van der Waals surface area contributed by atoms with Crippen molar-refractivity contribution in [3.63, 3.8) is 0 Å². The van der Waals surface area contributed by atoms with Crippen molar-refractivity contribution < 1.29 is 27.1 Å². The largest absolute Gasteiger partial charge is 0.471 e. The van der Waals surface area contributed by atoms with Gasteiger partial charge in [0.15, 0.2) is 5.75 Å². The molecule has 0 aromatic heterocycles. The Morgan fingerprint density at radius 3 is 2.75 bits per heavy atom. The van der Waals surface area contributed by atoms with Crippen LogP contribution < -0.4 is 15.0 Å². The second-order valence-corrected chi connectivity index (χ2v) is 7.10. The number of amides is 1. The Morgan fingerprint density at radius 2 is 2.00 bits per heavy atom. The van der Waals surface area contributed by atoms with Gasteiger partial charge in [-0.1, -0.05) is 12.1 Å². The Balaban J connectivity index is 1.73. The number of piperidine rings is 1. The summed E-state index contributed by atoms with van der Waals surface area (Å²) < 4.78 is 57.9. The first-order chi connectivity index (χ1) is 13.2. The first-order valence-electron chi connectivity index (χ1n) is 8.95. The van der Waals surface area contributed by atoms with E-state index in [-0.39, 0.29) is 12.5 Å². The van der Waals surface area contributed by atoms with Crippen LogP contribution in [0.4, 0.5) is 23.2 Å². The molecular weight excluding hydrogens is 376 g/mol. The van der Waals surface area contributed by atoms with E-state index >= 15 is 0 Å². The monoisotopic (exact) mass is 394 g/mol. The normalized spacial score (nSPS) is 21.0. The molecule has 1 saturated heterocycles. The summed E-state index contributed by atoms with van der Waals surface area (Å²) in [6.45, 7) is 2.26. The molecule has 2 heterocycles. The summed E-state index contributed by atoms with van der Waals surface area (Å²) in [5.74, 6) is -1.28. The smallest absolute Gasteiger partial charge is 0.455 e. The molecule has 0 spiro atoms. The molecule has 0 unspecified atom stereocenters. The molecule has 8 heteroatoms. The van der Waals surface area contributed by atoms with Crippen molar-refractivity contribution >= 4 is 11.6 Å². The highest BCUT2D eigenvalue weighted by Gasteiger charge is 2.42. The van der Waals surface area contributed by atoms with Crippen molar-refractivity contribution in [1.82, 2.24) is 5.32 Å². The van der Waals surface area contributed by atoms with E-state index in [1.54, 1.807) is 12.1 Å². The van der Waals surface area contributed by atoms with Crippen LogP contribution in [0, 0.1) is 12.7 Å². The Labute approximate surface area is 159 Å². The number of nitrogens with zero attached hydrogens (tertiary/aromatic N) is 1. The van der Waals surface area contributed by atoms with Crippen LogP contribution in [0.1, 0.15) is 30.0 Å². The van der Waals surface area contributed by atoms with Crippen LogP contribution in [-0.4, -0.2) is 24.7 Å². The van der Waals surface area contributed by atoms with E-state index in [0.29, 0.717) is 30.2 Å². The predicted octanol–water partition coefficient (Wildman–Crippen LogP) is 4.63. The number of benzene rings is 2. The third kappa shape index (κ3) is 3.27.